The number of rotatable bonds is 4. The van der Waals surface area contributed by atoms with E-state index in [4.69, 9.17) is 0 Å². The van der Waals surface area contributed by atoms with E-state index in [1.165, 1.54) is 0 Å². The van der Waals surface area contributed by atoms with Crippen molar-refractivity contribution >= 4 is 15.9 Å². The molecule has 0 unspecified atom stereocenters. The van der Waals surface area contributed by atoms with Crippen LogP contribution < -0.4 is 5.32 Å². The first-order valence-electron chi connectivity index (χ1n) is 7.74. The van der Waals surface area contributed by atoms with Gasteiger partial charge in [-0.15, -0.1) is 0 Å². The second kappa shape index (κ2) is 7.40. The van der Waals surface area contributed by atoms with E-state index in [0.29, 0.717) is 22.4 Å². The molecule has 0 radical (unpaired) electrons. The topological polar surface area (TPSA) is 35.5 Å². The van der Waals surface area contributed by atoms with Gasteiger partial charge >= 0.3 is 6.18 Å². The largest absolute Gasteiger partial charge is 0.507 e. The second-order valence-corrected chi connectivity index (χ2v) is 7.24. The molecule has 2 N–H and O–H groups in total. The van der Waals surface area contributed by atoms with E-state index in [0.717, 1.165) is 32.2 Å². The number of aromatic hydroxyl groups is 1. The molecule has 1 aromatic carbocycles. The number of phenolic OH excluding ortho intramolecular Hbond substituents is 1. The Bertz CT molecular complexity index is 543. The molecule has 0 aromatic heterocycles. The summed E-state index contributed by atoms with van der Waals surface area (Å²) >= 11 is 3.16. The van der Waals surface area contributed by atoms with Gasteiger partial charge in [0.25, 0.3) is 0 Å². The van der Waals surface area contributed by atoms with Crippen LogP contribution in [0.2, 0.25) is 0 Å². The molecule has 0 aliphatic carbocycles. The first kappa shape index (κ1) is 18.5. The van der Waals surface area contributed by atoms with E-state index in [1.807, 2.05) is 13.8 Å². The van der Waals surface area contributed by atoms with Gasteiger partial charge in [0.05, 0.1) is 5.56 Å². The molecule has 1 saturated heterocycles. The molecule has 1 heterocycles. The molecule has 1 aliphatic heterocycles. The SMILES string of the molecule is CC(C)C[C@@H](c1cc(Br)cc(C(F)(F)F)c1O)N1CCNCC1. The minimum absolute atomic E-state index is 0.226. The van der Waals surface area contributed by atoms with Crippen molar-refractivity contribution in [3.63, 3.8) is 0 Å². The van der Waals surface area contributed by atoms with Gasteiger partial charge in [-0.25, -0.2) is 0 Å². The predicted molar refractivity (Wildman–Crippen MR) is 87.4 cm³/mol. The fraction of sp³-hybridized carbons (Fsp3) is 0.625. The summed E-state index contributed by atoms with van der Waals surface area (Å²) in [5, 5.41) is 13.5. The maximum absolute atomic E-state index is 13.2. The van der Waals surface area contributed by atoms with Gasteiger partial charge in [0.15, 0.2) is 0 Å². The number of alkyl halides is 3. The van der Waals surface area contributed by atoms with Gasteiger partial charge in [-0.1, -0.05) is 29.8 Å². The highest BCUT2D eigenvalue weighted by Crippen LogP contribution is 2.43. The molecule has 7 heteroatoms. The van der Waals surface area contributed by atoms with Gasteiger partial charge in [-0.2, -0.15) is 13.2 Å². The fourth-order valence-corrected chi connectivity index (χ4v) is 3.48. The van der Waals surface area contributed by atoms with E-state index in [9.17, 15) is 18.3 Å². The normalized spacial score (nSPS) is 18.4. The van der Waals surface area contributed by atoms with Crippen LogP contribution in [0.1, 0.15) is 37.4 Å². The van der Waals surface area contributed by atoms with Crippen LogP contribution >= 0.6 is 15.9 Å². The molecule has 0 saturated carbocycles. The van der Waals surface area contributed by atoms with Crippen molar-refractivity contribution in [2.45, 2.75) is 32.5 Å². The molecule has 1 atom stereocenters. The minimum atomic E-state index is -4.57. The van der Waals surface area contributed by atoms with Gasteiger partial charge < -0.3 is 10.4 Å². The lowest BCUT2D eigenvalue weighted by molar-refractivity contribution is -0.138. The van der Waals surface area contributed by atoms with Crippen molar-refractivity contribution in [2.24, 2.45) is 5.92 Å². The third-order valence-electron chi connectivity index (χ3n) is 4.06. The highest BCUT2D eigenvalue weighted by atomic mass is 79.9. The Morgan fingerprint density at radius 1 is 1.26 bits per heavy atom. The molecule has 1 fully saturated rings. The lowest BCUT2D eigenvalue weighted by Gasteiger charge is -2.36. The summed E-state index contributed by atoms with van der Waals surface area (Å²) in [6, 6.07) is 2.32. The number of halogens is 4. The molecule has 0 amide bonds. The number of piperazine rings is 1. The van der Waals surface area contributed by atoms with Crippen LogP contribution in [0.5, 0.6) is 5.75 Å². The van der Waals surface area contributed by atoms with Crippen molar-refractivity contribution in [2.75, 3.05) is 26.2 Å². The first-order valence-corrected chi connectivity index (χ1v) is 8.53. The second-order valence-electron chi connectivity index (χ2n) is 6.32. The van der Waals surface area contributed by atoms with Crippen LogP contribution in [0.25, 0.3) is 0 Å². The van der Waals surface area contributed by atoms with Gasteiger partial charge in [0.1, 0.15) is 5.75 Å². The lowest BCUT2D eigenvalue weighted by atomic mass is 9.92. The van der Waals surface area contributed by atoms with Crippen LogP contribution in [-0.4, -0.2) is 36.2 Å². The number of hydrogen-bond acceptors (Lipinski definition) is 3. The van der Waals surface area contributed by atoms with E-state index in [-0.39, 0.29) is 6.04 Å². The van der Waals surface area contributed by atoms with Crippen LogP contribution in [-0.2, 0) is 6.18 Å². The zero-order valence-electron chi connectivity index (χ0n) is 13.3. The van der Waals surface area contributed by atoms with Crippen LogP contribution in [0, 0.1) is 5.92 Å². The summed E-state index contributed by atoms with van der Waals surface area (Å²) in [4.78, 5) is 2.15. The Kier molecular flexibility index (Phi) is 5.97. The zero-order valence-corrected chi connectivity index (χ0v) is 14.8. The maximum Gasteiger partial charge on any atom is 0.420 e. The number of nitrogens with one attached hydrogen (secondary N) is 1. The van der Waals surface area contributed by atoms with Crippen LogP contribution in [0.3, 0.4) is 0 Å². The van der Waals surface area contributed by atoms with Crippen LogP contribution in [0.4, 0.5) is 13.2 Å². The third-order valence-corrected chi connectivity index (χ3v) is 4.51. The predicted octanol–water partition coefficient (Wildman–Crippen LogP) is 4.17. The lowest BCUT2D eigenvalue weighted by Crippen LogP contribution is -2.45. The highest BCUT2D eigenvalue weighted by Gasteiger charge is 2.37. The number of benzene rings is 1. The van der Waals surface area contributed by atoms with Crippen molar-refractivity contribution in [1.29, 1.82) is 0 Å². The van der Waals surface area contributed by atoms with Crippen molar-refractivity contribution in [3.05, 3.63) is 27.7 Å². The van der Waals surface area contributed by atoms with E-state index >= 15 is 0 Å². The fourth-order valence-electron chi connectivity index (χ4n) is 3.00. The summed E-state index contributed by atoms with van der Waals surface area (Å²) in [6.45, 7) is 7.18. The van der Waals surface area contributed by atoms with Crippen molar-refractivity contribution in [3.8, 4) is 5.75 Å². The molecule has 130 valence electrons. The zero-order chi connectivity index (χ0) is 17.2. The van der Waals surface area contributed by atoms with Crippen molar-refractivity contribution in [1.82, 2.24) is 10.2 Å². The molecule has 1 aromatic rings. The van der Waals surface area contributed by atoms with Gasteiger partial charge in [0.2, 0.25) is 0 Å². The first-order chi connectivity index (χ1) is 10.7. The minimum Gasteiger partial charge on any atom is -0.507 e. The molecular formula is C16H22BrF3N2O. The molecule has 2 rings (SSSR count). The van der Waals surface area contributed by atoms with Crippen LogP contribution in [0.15, 0.2) is 16.6 Å². The summed E-state index contributed by atoms with van der Waals surface area (Å²) in [7, 11) is 0. The summed E-state index contributed by atoms with van der Waals surface area (Å²) in [6.07, 6.45) is -3.88. The number of hydrogen-bond donors (Lipinski definition) is 2. The monoisotopic (exact) mass is 394 g/mol. The third kappa shape index (κ3) is 4.61. The Balaban J connectivity index is 2.47. The average molecular weight is 395 g/mol. The smallest absolute Gasteiger partial charge is 0.420 e. The standard InChI is InChI=1S/C16H22BrF3N2O/c1-10(2)7-14(22-5-3-21-4-6-22)12-8-11(17)9-13(15(12)23)16(18,19)20/h8-10,14,21,23H,3-7H2,1-2H3/t14-/m0/s1. The molecule has 23 heavy (non-hydrogen) atoms. The Morgan fingerprint density at radius 2 is 1.87 bits per heavy atom. The van der Waals surface area contributed by atoms with Gasteiger partial charge in [-0.05, 0) is 24.5 Å². The summed E-state index contributed by atoms with van der Waals surface area (Å²) in [5.74, 6) is -0.340. The van der Waals surface area contributed by atoms with Gasteiger partial charge in [-0.3, -0.25) is 4.90 Å². The summed E-state index contributed by atoms with van der Waals surface area (Å²) in [5.41, 5.74) is -0.631. The summed E-state index contributed by atoms with van der Waals surface area (Å²) < 4.78 is 39.9. The Hall–Kier alpha value is -0.790. The van der Waals surface area contributed by atoms with E-state index in [1.54, 1.807) is 6.07 Å². The van der Waals surface area contributed by atoms with E-state index < -0.39 is 17.5 Å². The molecule has 3 nitrogen and oxygen atoms in total. The maximum atomic E-state index is 13.2. The molecule has 1 aliphatic rings. The Labute approximate surface area is 143 Å². The van der Waals surface area contributed by atoms with Gasteiger partial charge in [0, 0.05) is 42.3 Å². The molecule has 0 bridgehead atoms. The number of nitrogens with zero attached hydrogens (tertiary/aromatic N) is 1. The number of phenols is 1. The van der Waals surface area contributed by atoms with E-state index in [2.05, 4.69) is 26.1 Å². The quantitative estimate of drug-likeness (QED) is 0.804. The Morgan fingerprint density at radius 3 is 2.39 bits per heavy atom. The average Bonchev–Trinajstić information content (AvgIpc) is 2.46. The molecular weight excluding hydrogens is 373 g/mol. The highest BCUT2D eigenvalue weighted by molar-refractivity contribution is 9.10. The van der Waals surface area contributed by atoms with Crippen molar-refractivity contribution < 1.29 is 18.3 Å². The molecule has 0 spiro atoms.